The minimum atomic E-state index is -0.122. The lowest BCUT2D eigenvalue weighted by atomic mass is 10.4. The molecule has 0 aromatic heterocycles. The molecule has 0 aliphatic rings. The zero-order chi connectivity index (χ0) is 13.6. The quantitative estimate of drug-likeness (QED) is 0.323. The van der Waals surface area contributed by atoms with Crippen molar-refractivity contribution >= 4 is 33.3 Å². The summed E-state index contributed by atoms with van der Waals surface area (Å²) in [6, 6.07) is 0. The summed E-state index contributed by atoms with van der Waals surface area (Å²) < 4.78 is 0. The second-order valence-electron chi connectivity index (χ2n) is 3.34. The van der Waals surface area contributed by atoms with Crippen LogP contribution in [0.1, 0.15) is 6.42 Å². The zero-order valence-corrected chi connectivity index (χ0v) is 12.1. The SMILES string of the molecule is C=CC(=O)CNCCSSCCCNC(=O)C=C. The van der Waals surface area contributed by atoms with Crippen LogP contribution < -0.4 is 10.6 Å². The average molecular weight is 288 g/mol. The lowest BCUT2D eigenvalue weighted by molar-refractivity contribution is -0.116. The van der Waals surface area contributed by atoms with Gasteiger partial charge in [-0.2, -0.15) is 0 Å². The van der Waals surface area contributed by atoms with E-state index in [1.165, 1.54) is 12.2 Å². The predicted molar refractivity (Wildman–Crippen MR) is 80.8 cm³/mol. The van der Waals surface area contributed by atoms with Gasteiger partial charge in [-0.1, -0.05) is 34.7 Å². The predicted octanol–water partition coefficient (Wildman–Crippen LogP) is 1.40. The molecule has 6 heteroatoms. The summed E-state index contributed by atoms with van der Waals surface area (Å²) in [5.74, 6) is 1.84. The molecule has 0 rings (SSSR count). The highest BCUT2D eigenvalue weighted by molar-refractivity contribution is 8.76. The minimum absolute atomic E-state index is 0.0191. The van der Waals surface area contributed by atoms with Crippen molar-refractivity contribution < 1.29 is 9.59 Å². The van der Waals surface area contributed by atoms with Crippen molar-refractivity contribution in [2.45, 2.75) is 6.42 Å². The standard InChI is InChI=1S/C12H20N2O2S2/c1-3-11(15)10-13-7-9-18-17-8-5-6-14-12(16)4-2/h3-4,13H,1-2,5-10H2,(H,14,16). The molecule has 0 saturated carbocycles. The van der Waals surface area contributed by atoms with Gasteiger partial charge in [0.1, 0.15) is 0 Å². The van der Waals surface area contributed by atoms with E-state index < -0.39 is 0 Å². The number of carbonyl (C=O) groups excluding carboxylic acids is 2. The number of hydrogen-bond acceptors (Lipinski definition) is 5. The number of amides is 1. The van der Waals surface area contributed by atoms with Crippen LogP contribution in [0.15, 0.2) is 25.3 Å². The second kappa shape index (κ2) is 12.7. The van der Waals surface area contributed by atoms with Crippen LogP contribution in [0.5, 0.6) is 0 Å². The molecule has 0 aromatic rings. The second-order valence-corrected chi connectivity index (χ2v) is 6.04. The Hall–Kier alpha value is -0.720. The molecule has 0 unspecified atom stereocenters. The van der Waals surface area contributed by atoms with Crippen LogP contribution in [0.25, 0.3) is 0 Å². The summed E-state index contributed by atoms with van der Waals surface area (Å²) in [4.78, 5) is 21.7. The molecule has 0 bridgehead atoms. The highest BCUT2D eigenvalue weighted by atomic mass is 33.1. The smallest absolute Gasteiger partial charge is 0.243 e. The summed E-state index contributed by atoms with van der Waals surface area (Å²) in [7, 11) is 3.53. The maximum absolute atomic E-state index is 10.9. The Bertz CT molecular complexity index is 255. The zero-order valence-electron chi connectivity index (χ0n) is 10.4. The Kier molecular flexibility index (Phi) is 12.2. The van der Waals surface area contributed by atoms with E-state index in [9.17, 15) is 9.59 Å². The van der Waals surface area contributed by atoms with E-state index in [1.807, 2.05) is 0 Å². The molecule has 0 spiro atoms. The molecular weight excluding hydrogens is 268 g/mol. The van der Waals surface area contributed by atoms with Gasteiger partial charge in [-0.3, -0.25) is 9.59 Å². The topological polar surface area (TPSA) is 58.2 Å². The number of nitrogens with one attached hydrogen (secondary N) is 2. The molecular formula is C12H20N2O2S2. The summed E-state index contributed by atoms with van der Waals surface area (Å²) in [6.07, 6.45) is 3.55. The Balaban J connectivity index is 3.12. The first-order valence-electron chi connectivity index (χ1n) is 5.71. The van der Waals surface area contributed by atoms with E-state index in [1.54, 1.807) is 21.6 Å². The molecule has 102 valence electrons. The molecule has 0 aromatic carbocycles. The van der Waals surface area contributed by atoms with Gasteiger partial charge in [0, 0.05) is 24.6 Å². The molecule has 0 aliphatic carbocycles. The van der Waals surface area contributed by atoms with Crippen molar-refractivity contribution in [3.8, 4) is 0 Å². The van der Waals surface area contributed by atoms with Gasteiger partial charge in [-0.25, -0.2) is 0 Å². The van der Waals surface area contributed by atoms with Crippen molar-refractivity contribution in [1.82, 2.24) is 10.6 Å². The average Bonchev–Trinajstić information content (AvgIpc) is 2.40. The molecule has 4 nitrogen and oxygen atoms in total. The van der Waals surface area contributed by atoms with Crippen molar-refractivity contribution in [3.05, 3.63) is 25.3 Å². The van der Waals surface area contributed by atoms with E-state index in [-0.39, 0.29) is 11.7 Å². The summed E-state index contributed by atoms with van der Waals surface area (Å²) >= 11 is 0. The largest absolute Gasteiger partial charge is 0.353 e. The monoisotopic (exact) mass is 288 g/mol. The van der Waals surface area contributed by atoms with Gasteiger partial charge in [0.25, 0.3) is 0 Å². The van der Waals surface area contributed by atoms with Crippen molar-refractivity contribution in [2.75, 3.05) is 31.1 Å². The minimum Gasteiger partial charge on any atom is -0.353 e. The lowest BCUT2D eigenvalue weighted by Gasteiger charge is -2.03. The Labute approximate surface area is 116 Å². The van der Waals surface area contributed by atoms with Crippen LogP contribution in [0.3, 0.4) is 0 Å². The molecule has 0 heterocycles. The van der Waals surface area contributed by atoms with Crippen molar-refractivity contribution in [2.24, 2.45) is 0 Å². The van der Waals surface area contributed by atoms with Crippen molar-refractivity contribution in [1.29, 1.82) is 0 Å². The fourth-order valence-electron chi connectivity index (χ4n) is 0.930. The molecule has 0 atom stereocenters. The molecule has 18 heavy (non-hydrogen) atoms. The van der Waals surface area contributed by atoms with E-state index in [4.69, 9.17) is 0 Å². The van der Waals surface area contributed by atoms with Crippen LogP contribution in [0.2, 0.25) is 0 Å². The van der Waals surface area contributed by atoms with Gasteiger partial charge >= 0.3 is 0 Å². The van der Waals surface area contributed by atoms with Gasteiger partial charge in [-0.15, -0.1) is 0 Å². The van der Waals surface area contributed by atoms with Gasteiger partial charge in [-0.05, 0) is 18.6 Å². The molecule has 0 fully saturated rings. The van der Waals surface area contributed by atoms with Gasteiger partial charge in [0.05, 0.1) is 6.54 Å². The van der Waals surface area contributed by atoms with Crippen molar-refractivity contribution in [3.63, 3.8) is 0 Å². The third kappa shape index (κ3) is 11.8. The highest BCUT2D eigenvalue weighted by Crippen LogP contribution is 2.20. The Morgan fingerprint density at radius 1 is 1.06 bits per heavy atom. The molecule has 0 aliphatic heterocycles. The van der Waals surface area contributed by atoms with Gasteiger partial charge in [0.15, 0.2) is 5.78 Å². The first-order chi connectivity index (χ1) is 8.70. The fourth-order valence-corrected chi connectivity index (χ4v) is 2.97. The highest BCUT2D eigenvalue weighted by Gasteiger charge is 1.96. The first kappa shape index (κ1) is 17.3. The summed E-state index contributed by atoms with van der Waals surface area (Å²) in [5, 5.41) is 5.76. The van der Waals surface area contributed by atoms with Gasteiger partial charge in [0.2, 0.25) is 5.91 Å². The maximum Gasteiger partial charge on any atom is 0.243 e. The van der Waals surface area contributed by atoms with E-state index in [0.717, 1.165) is 24.5 Å². The van der Waals surface area contributed by atoms with Crippen LogP contribution in [-0.2, 0) is 9.59 Å². The Morgan fingerprint density at radius 3 is 2.44 bits per heavy atom. The molecule has 1 amide bonds. The van der Waals surface area contributed by atoms with E-state index in [2.05, 4.69) is 23.8 Å². The summed E-state index contributed by atoms with van der Waals surface area (Å²) in [5.41, 5.74) is 0. The molecule has 2 N–H and O–H groups in total. The number of hydrogen-bond donors (Lipinski definition) is 2. The molecule has 0 saturated heterocycles. The normalized spacial score (nSPS) is 9.78. The third-order valence-electron chi connectivity index (χ3n) is 1.86. The van der Waals surface area contributed by atoms with Crippen LogP contribution in [-0.4, -0.2) is 42.8 Å². The summed E-state index contributed by atoms with van der Waals surface area (Å²) in [6.45, 7) is 8.64. The first-order valence-corrected chi connectivity index (χ1v) is 8.20. The lowest BCUT2D eigenvalue weighted by Crippen LogP contribution is -2.23. The maximum atomic E-state index is 10.9. The van der Waals surface area contributed by atoms with E-state index >= 15 is 0 Å². The number of rotatable bonds is 12. The molecule has 0 radical (unpaired) electrons. The van der Waals surface area contributed by atoms with E-state index in [0.29, 0.717) is 13.1 Å². The van der Waals surface area contributed by atoms with Crippen LogP contribution >= 0.6 is 21.6 Å². The van der Waals surface area contributed by atoms with Crippen LogP contribution in [0, 0.1) is 0 Å². The third-order valence-corrected chi connectivity index (χ3v) is 4.35. The van der Waals surface area contributed by atoms with Gasteiger partial charge < -0.3 is 10.6 Å². The number of ketones is 1. The fraction of sp³-hybridized carbons (Fsp3) is 0.500. The van der Waals surface area contributed by atoms with Crippen LogP contribution in [0.4, 0.5) is 0 Å². The Morgan fingerprint density at radius 2 is 1.78 bits per heavy atom. The number of carbonyl (C=O) groups is 2.